The molecular formula is C18H19N3. The van der Waals surface area contributed by atoms with Crippen LogP contribution in [0.25, 0.3) is 22.0 Å². The Kier molecular flexibility index (Phi) is 3.84. The molecule has 106 valence electrons. The van der Waals surface area contributed by atoms with Crippen LogP contribution in [0.5, 0.6) is 0 Å². The van der Waals surface area contributed by atoms with Crippen molar-refractivity contribution in [2.45, 2.75) is 19.8 Å². The predicted molar refractivity (Wildman–Crippen MR) is 89.0 cm³/mol. The zero-order valence-electron chi connectivity index (χ0n) is 12.1. The van der Waals surface area contributed by atoms with Gasteiger partial charge in [0.25, 0.3) is 0 Å². The summed E-state index contributed by atoms with van der Waals surface area (Å²) in [6.07, 6.45) is 2.04. The van der Waals surface area contributed by atoms with Crippen molar-refractivity contribution < 1.29 is 0 Å². The number of fused-ring (bicyclic) bond motifs is 1. The Hall–Kier alpha value is -2.39. The lowest BCUT2D eigenvalue weighted by molar-refractivity contribution is 0.917. The van der Waals surface area contributed by atoms with Crippen molar-refractivity contribution in [2.24, 2.45) is 5.84 Å². The van der Waals surface area contributed by atoms with E-state index in [-0.39, 0.29) is 0 Å². The lowest BCUT2D eigenvalue weighted by Gasteiger charge is -2.12. The normalized spacial score (nSPS) is 10.8. The number of aryl methyl sites for hydroxylation is 1. The van der Waals surface area contributed by atoms with Crippen molar-refractivity contribution in [3.63, 3.8) is 0 Å². The van der Waals surface area contributed by atoms with Crippen molar-refractivity contribution in [3.05, 3.63) is 60.2 Å². The number of nitrogens with zero attached hydrogens (tertiary/aromatic N) is 1. The molecule has 2 aromatic carbocycles. The zero-order valence-corrected chi connectivity index (χ0v) is 12.1. The molecule has 0 saturated carbocycles. The average molecular weight is 277 g/mol. The quantitative estimate of drug-likeness (QED) is 0.556. The maximum absolute atomic E-state index is 5.65. The third-order valence-electron chi connectivity index (χ3n) is 3.67. The molecule has 0 saturated heterocycles. The molecular weight excluding hydrogens is 258 g/mol. The molecule has 21 heavy (non-hydrogen) atoms. The number of pyridine rings is 1. The van der Waals surface area contributed by atoms with Gasteiger partial charge in [0.2, 0.25) is 0 Å². The standard InChI is InChI=1S/C18H19N3/c1-2-7-15-12-14-10-6-11-16(13-8-4-3-5-9-13)17(14)20-18(15)21-19/h3-6,8-12H,2,7,19H2,1H3,(H,20,21). The first-order valence-corrected chi connectivity index (χ1v) is 7.28. The summed E-state index contributed by atoms with van der Waals surface area (Å²) in [6, 6.07) is 18.8. The summed E-state index contributed by atoms with van der Waals surface area (Å²) in [4.78, 5) is 4.75. The van der Waals surface area contributed by atoms with Gasteiger partial charge >= 0.3 is 0 Å². The fraction of sp³-hybridized carbons (Fsp3) is 0.167. The highest BCUT2D eigenvalue weighted by molar-refractivity contribution is 5.95. The Labute approximate surface area is 124 Å². The number of anilines is 1. The molecule has 0 amide bonds. The smallest absolute Gasteiger partial charge is 0.143 e. The fourth-order valence-electron chi connectivity index (χ4n) is 2.68. The number of nitrogen functional groups attached to an aromatic ring is 1. The molecule has 0 atom stereocenters. The van der Waals surface area contributed by atoms with E-state index in [2.05, 4.69) is 48.7 Å². The van der Waals surface area contributed by atoms with Crippen molar-refractivity contribution in [1.29, 1.82) is 0 Å². The second kappa shape index (κ2) is 5.94. The van der Waals surface area contributed by atoms with E-state index >= 15 is 0 Å². The second-order valence-electron chi connectivity index (χ2n) is 5.13. The topological polar surface area (TPSA) is 50.9 Å². The molecule has 0 aliphatic heterocycles. The first-order chi connectivity index (χ1) is 10.3. The van der Waals surface area contributed by atoms with Gasteiger partial charge in [0.05, 0.1) is 5.52 Å². The largest absolute Gasteiger partial charge is 0.308 e. The van der Waals surface area contributed by atoms with E-state index in [0.717, 1.165) is 40.7 Å². The van der Waals surface area contributed by atoms with Gasteiger partial charge in [-0.25, -0.2) is 10.8 Å². The molecule has 1 aromatic heterocycles. The Morgan fingerprint density at radius 3 is 2.57 bits per heavy atom. The van der Waals surface area contributed by atoms with Crippen molar-refractivity contribution in [3.8, 4) is 11.1 Å². The van der Waals surface area contributed by atoms with Crippen LogP contribution in [0, 0.1) is 0 Å². The van der Waals surface area contributed by atoms with Gasteiger partial charge in [0.1, 0.15) is 5.82 Å². The van der Waals surface area contributed by atoms with E-state index in [1.165, 1.54) is 5.56 Å². The van der Waals surface area contributed by atoms with E-state index < -0.39 is 0 Å². The monoisotopic (exact) mass is 277 g/mol. The third kappa shape index (κ3) is 2.60. The number of para-hydroxylation sites is 1. The maximum atomic E-state index is 5.65. The van der Waals surface area contributed by atoms with Crippen LogP contribution in [0.2, 0.25) is 0 Å². The first-order valence-electron chi connectivity index (χ1n) is 7.28. The molecule has 3 nitrogen and oxygen atoms in total. The Balaban J connectivity index is 2.23. The van der Waals surface area contributed by atoms with Gasteiger partial charge in [-0.3, -0.25) is 0 Å². The number of aromatic nitrogens is 1. The molecule has 0 fully saturated rings. The number of hydrogen-bond acceptors (Lipinski definition) is 3. The van der Waals surface area contributed by atoms with Gasteiger partial charge in [-0.1, -0.05) is 61.9 Å². The van der Waals surface area contributed by atoms with Crippen LogP contribution in [0.4, 0.5) is 5.82 Å². The molecule has 0 radical (unpaired) electrons. The summed E-state index contributed by atoms with van der Waals surface area (Å²) in [5.74, 6) is 6.42. The molecule has 0 bridgehead atoms. The Bertz CT molecular complexity index is 751. The van der Waals surface area contributed by atoms with Crippen LogP contribution in [-0.2, 0) is 6.42 Å². The lowest BCUT2D eigenvalue weighted by atomic mass is 10.0. The van der Waals surface area contributed by atoms with Gasteiger partial charge < -0.3 is 5.43 Å². The molecule has 0 spiro atoms. The van der Waals surface area contributed by atoms with Crippen molar-refractivity contribution in [1.82, 2.24) is 4.98 Å². The van der Waals surface area contributed by atoms with E-state index in [9.17, 15) is 0 Å². The second-order valence-corrected chi connectivity index (χ2v) is 5.13. The maximum Gasteiger partial charge on any atom is 0.143 e. The zero-order chi connectivity index (χ0) is 14.7. The van der Waals surface area contributed by atoms with Crippen molar-refractivity contribution >= 4 is 16.7 Å². The summed E-state index contributed by atoms with van der Waals surface area (Å²) in [5.41, 5.74) is 7.19. The van der Waals surface area contributed by atoms with E-state index in [1.807, 2.05) is 18.2 Å². The number of nitrogens with one attached hydrogen (secondary N) is 1. The van der Waals surface area contributed by atoms with E-state index in [0.29, 0.717) is 0 Å². The lowest BCUT2D eigenvalue weighted by Crippen LogP contribution is -2.11. The van der Waals surface area contributed by atoms with Gasteiger partial charge in [-0.05, 0) is 23.6 Å². The minimum Gasteiger partial charge on any atom is -0.308 e. The van der Waals surface area contributed by atoms with Crippen LogP contribution in [0.1, 0.15) is 18.9 Å². The minimum atomic E-state index is 0.771. The molecule has 3 heteroatoms. The molecule has 3 rings (SSSR count). The Morgan fingerprint density at radius 2 is 1.86 bits per heavy atom. The molecule has 0 unspecified atom stereocenters. The highest BCUT2D eigenvalue weighted by Crippen LogP contribution is 2.30. The third-order valence-corrected chi connectivity index (χ3v) is 3.67. The van der Waals surface area contributed by atoms with Crippen molar-refractivity contribution in [2.75, 3.05) is 5.43 Å². The number of hydrazine groups is 1. The molecule has 3 N–H and O–H groups in total. The van der Waals surface area contributed by atoms with E-state index in [1.54, 1.807) is 0 Å². The summed E-state index contributed by atoms with van der Waals surface area (Å²) in [5, 5.41) is 1.15. The summed E-state index contributed by atoms with van der Waals surface area (Å²) >= 11 is 0. The van der Waals surface area contributed by atoms with E-state index in [4.69, 9.17) is 10.8 Å². The highest BCUT2D eigenvalue weighted by atomic mass is 15.2. The summed E-state index contributed by atoms with van der Waals surface area (Å²) < 4.78 is 0. The molecule has 3 aromatic rings. The van der Waals surface area contributed by atoms with Gasteiger partial charge in [0.15, 0.2) is 0 Å². The average Bonchev–Trinajstić information content (AvgIpc) is 2.54. The van der Waals surface area contributed by atoms with Crippen LogP contribution in [0.3, 0.4) is 0 Å². The Morgan fingerprint density at radius 1 is 1.05 bits per heavy atom. The van der Waals surface area contributed by atoms with Crippen LogP contribution in [-0.4, -0.2) is 4.98 Å². The minimum absolute atomic E-state index is 0.771. The number of nitrogens with two attached hydrogens (primary N) is 1. The van der Waals surface area contributed by atoms with Crippen LogP contribution in [0.15, 0.2) is 54.6 Å². The van der Waals surface area contributed by atoms with Gasteiger partial charge in [-0.15, -0.1) is 0 Å². The van der Waals surface area contributed by atoms with Gasteiger partial charge in [0, 0.05) is 10.9 Å². The predicted octanol–water partition coefficient (Wildman–Crippen LogP) is 4.14. The van der Waals surface area contributed by atoms with Crippen LogP contribution < -0.4 is 11.3 Å². The first kappa shape index (κ1) is 13.6. The highest BCUT2D eigenvalue weighted by Gasteiger charge is 2.09. The summed E-state index contributed by atoms with van der Waals surface area (Å²) in [6.45, 7) is 2.16. The summed E-state index contributed by atoms with van der Waals surface area (Å²) in [7, 11) is 0. The number of rotatable bonds is 4. The molecule has 1 heterocycles. The molecule has 0 aliphatic rings. The van der Waals surface area contributed by atoms with Gasteiger partial charge in [-0.2, -0.15) is 0 Å². The van der Waals surface area contributed by atoms with Crippen LogP contribution >= 0.6 is 0 Å². The number of benzene rings is 2. The fourth-order valence-corrected chi connectivity index (χ4v) is 2.68. The number of hydrogen-bond donors (Lipinski definition) is 2. The molecule has 0 aliphatic carbocycles. The SMILES string of the molecule is CCCc1cc2cccc(-c3ccccc3)c2nc1NN.